The zero-order valence-corrected chi connectivity index (χ0v) is 9.69. The molecule has 0 aromatic heterocycles. The van der Waals surface area contributed by atoms with Crippen molar-refractivity contribution in [3.8, 4) is 6.07 Å². The first-order chi connectivity index (χ1) is 7.79. The zero-order valence-electron chi connectivity index (χ0n) is 8.87. The molecule has 1 aliphatic heterocycles. The minimum atomic E-state index is -0.345. The van der Waals surface area contributed by atoms with Crippen LogP contribution in [0.4, 0.5) is 10.1 Å². The molecule has 0 spiro atoms. The van der Waals surface area contributed by atoms with Crippen molar-refractivity contribution >= 4 is 17.4 Å². The molecule has 1 aliphatic rings. The monoisotopic (exact) mass is 236 g/mol. The summed E-state index contributed by atoms with van der Waals surface area (Å²) in [4.78, 5) is 0. The lowest BCUT2D eigenvalue weighted by Crippen LogP contribution is -2.14. The van der Waals surface area contributed by atoms with E-state index in [9.17, 15) is 4.39 Å². The van der Waals surface area contributed by atoms with Crippen LogP contribution in [-0.4, -0.2) is 17.5 Å². The number of nitrogens with zero attached hydrogens (tertiary/aromatic N) is 1. The first-order valence-corrected chi connectivity index (χ1v) is 6.39. The van der Waals surface area contributed by atoms with Gasteiger partial charge in [-0.25, -0.2) is 4.39 Å². The number of anilines is 1. The molecule has 0 saturated carbocycles. The number of halogens is 1. The summed E-state index contributed by atoms with van der Waals surface area (Å²) in [6.07, 6.45) is 2.46. The van der Waals surface area contributed by atoms with Gasteiger partial charge in [-0.3, -0.25) is 0 Å². The topological polar surface area (TPSA) is 35.8 Å². The van der Waals surface area contributed by atoms with Gasteiger partial charge in [0, 0.05) is 11.8 Å². The summed E-state index contributed by atoms with van der Waals surface area (Å²) >= 11 is 1.94. The van der Waals surface area contributed by atoms with Crippen molar-refractivity contribution in [1.82, 2.24) is 0 Å². The second-order valence-electron chi connectivity index (χ2n) is 3.82. The molecule has 1 heterocycles. The molecule has 1 fully saturated rings. The normalized spacial score (nSPS) is 19.4. The van der Waals surface area contributed by atoms with Gasteiger partial charge in [0.05, 0.1) is 17.3 Å². The van der Waals surface area contributed by atoms with Gasteiger partial charge in [0.1, 0.15) is 5.82 Å². The average Bonchev–Trinajstić information content (AvgIpc) is 2.80. The van der Waals surface area contributed by atoms with E-state index >= 15 is 0 Å². The van der Waals surface area contributed by atoms with Gasteiger partial charge in [-0.1, -0.05) is 0 Å². The van der Waals surface area contributed by atoms with Crippen LogP contribution in [-0.2, 0) is 0 Å². The Hall–Kier alpha value is -1.21. The van der Waals surface area contributed by atoms with E-state index in [1.165, 1.54) is 24.7 Å². The van der Waals surface area contributed by atoms with Crippen molar-refractivity contribution in [2.75, 3.05) is 17.6 Å². The van der Waals surface area contributed by atoms with Gasteiger partial charge in [0.2, 0.25) is 0 Å². The SMILES string of the molecule is N#Cc1ccc(NCC2CCCS2)c(F)c1. The molecular formula is C12H13FN2S. The highest BCUT2D eigenvalue weighted by atomic mass is 32.2. The Morgan fingerprint density at radius 1 is 1.56 bits per heavy atom. The standard InChI is InChI=1S/C12H13FN2S/c13-11-6-9(7-14)3-4-12(11)15-8-10-2-1-5-16-10/h3-4,6,10,15H,1-2,5,8H2. The predicted molar refractivity (Wildman–Crippen MR) is 65.1 cm³/mol. The molecule has 2 nitrogen and oxygen atoms in total. The summed E-state index contributed by atoms with van der Waals surface area (Å²) in [5.74, 6) is 0.865. The van der Waals surface area contributed by atoms with E-state index in [0.29, 0.717) is 16.5 Å². The molecule has 0 radical (unpaired) electrons. The minimum absolute atomic E-state index is 0.345. The van der Waals surface area contributed by atoms with Gasteiger partial charge < -0.3 is 5.32 Å². The fourth-order valence-corrected chi connectivity index (χ4v) is 2.96. The van der Waals surface area contributed by atoms with E-state index in [2.05, 4.69) is 5.32 Å². The van der Waals surface area contributed by atoms with Crippen molar-refractivity contribution < 1.29 is 4.39 Å². The van der Waals surface area contributed by atoms with E-state index in [1.807, 2.05) is 17.8 Å². The minimum Gasteiger partial charge on any atom is -0.382 e. The third-order valence-corrected chi connectivity index (χ3v) is 4.04. The molecule has 1 N–H and O–H groups in total. The lowest BCUT2D eigenvalue weighted by atomic mass is 10.2. The molecule has 1 unspecified atom stereocenters. The van der Waals surface area contributed by atoms with E-state index in [4.69, 9.17) is 5.26 Å². The summed E-state index contributed by atoms with van der Waals surface area (Å²) in [7, 11) is 0. The second kappa shape index (κ2) is 5.22. The van der Waals surface area contributed by atoms with Crippen molar-refractivity contribution in [2.45, 2.75) is 18.1 Å². The maximum Gasteiger partial charge on any atom is 0.147 e. The van der Waals surface area contributed by atoms with Gasteiger partial charge in [-0.2, -0.15) is 17.0 Å². The molecule has 2 rings (SSSR count). The van der Waals surface area contributed by atoms with Gasteiger partial charge in [0.25, 0.3) is 0 Å². The molecule has 1 aromatic rings. The van der Waals surface area contributed by atoms with E-state index in [-0.39, 0.29) is 5.82 Å². The van der Waals surface area contributed by atoms with Crippen LogP contribution in [0.2, 0.25) is 0 Å². The maximum atomic E-state index is 13.5. The van der Waals surface area contributed by atoms with Crippen LogP contribution in [0.15, 0.2) is 18.2 Å². The number of thioether (sulfide) groups is 1. The number of hydrogen-bond donors (Lipinski definition) is 1. The molecule has 0 amide bonds. The Bertz CT molecular complexity index is 408. The lowest BCUT2D eigenvalue weighted by molar-refractivity contribution is 0.629. The molecule has 0 bridgehead atoms. The molecule has 4 heteroatoms. The first-order valence-electron chi connectivity index (χ1n) is 5.35. The summed E-state index contributed by atoms with van der Waals surface area (Å²) in [5, 5.41) is 12.3. The Morgan fingerprint density at radius 3 is 3.06 bits per heavy atom. The van der Waals surface area contributed by atoms with Crippen LogP contribution in [0, 0.1) is 17.1 Å². The number of nitriles is 1. The van der Waals surface area contributed by atoms with Crippen molar-refractivity contribution in [2.24, 2.45) is 0 Å². The largest absolute Gasteiger partial charge is 0.382 e. The highest BCUT2D eigenvalue weighted by molar-refractivity contribution is 8.00. The van der Waals surface area contributed by atoms with E-state index in [1.54, 1.807) is 12.1 Å². The van der Waals surface area contributed by atoms with Crippen molar-refractivity contribution in [1.29, 1.82) is 5.26 Å². The van der Waals surface area contributed by atoms with Crippen LogP contribution in [0.25, 0.3) is 0 Å². The Kier molecular flexibility index (Phi) is 3.68. The van der Waals surface area contributed by atoms with Gasteiger partial charge in [-0.05, 0) is 36.8 Å². The molecule has 84 valence electrons. The second-order valence-corrected chi connectivity index (χ2v) is 5.23. The van der Waals surface area contributed by atoms with Crippen molar-refractivity contribution in [3.05, 3.63) is 29.6 Å². The van der Waals surface area contributed by atoms with Crippen LogP contribution in [0.3, 0.4) is 0 Å². The van der Waals surface area contributed by atoms with Crippen LogP contribution in [0.1, 0.15) is 18.4 Å². The van der Waals surface area contributed by atoms with Crippen LogP contribution >= 0.6 is 11.8 Å². The van der Waals surface area contributed by atoms with Gasteiger partial charge >= 0.3 is 0 Å². The predicted octanol–water partition coefficient (Wildman–Crippen LogP) is 3.00. The lowest BCUT2D eigenvalue weighted by Gasteiger charge is -2.11. The maximum absolute atomic E-state index is 13.5. The quantitative estimate of drug-likeness (QED) is 0.876. The first kappa shape index (κ1) is 11.3. The van der Waals surface area contributed by atoms with Crippen LogP contribution in [0.5, 0.6) is 0 Å². The fraction of sp³-hybridized carbons (Fsp3) is 0.417. The number of nitrogens with one attached hydrogen (secondary N) is 1. The molecular weight excluding hydrogens is 223 g/mol. The zero-order chi connectivity index (χ0) is 11.4. The molecule has 1 aromatic carbocycles. The fourth-order valence-electron chi connectivity index (χ4n) is 1.76. The van der Waals surface area contributed by atoms with Crippen molar-refractivity contribution in [3.63, 3.8) is 0 Å². The summed E-state index contributed by atoms with van der Waals surface area (Å²) in [6.45, 7) is 0.799. The molecule has 1 atom stereocenters. The average molecular weight is 236 g/mol. The summed E-state index contributed by atoms with van der Waals surface area (Å²) in [6, 6.07) is 6.45. The van der Waals surface area contributed by atoms with Crippen LogP contribution < -0.4 is 5.32 Å². The number of hydrogen-bond acceptors (Lipinski definition) is 3. The molecule has 1 saturated heterocycles. The number of rotatable bonds is 3. The Labute approximate surface area is 98.8 Å². The summed E-state index contributed by atoms with van der Waals surface area (Å²) in [5.41, 5.74) is 0.852. The highest BCUT2D eigenvalue weighted by Gasteiger charge is 2.15. The Balaban J connectivity index is 1.96. The summed E-state index contributed by atoms with van der Waals surface area (Å²) < 4.78 is 13.5. The number of benzene rings is 1. The third-order valence-electron chi connectivity index (χ3n) is 2.64. The third kappa shape index (κ3) is 2.67. The van der Waals surface area contributed by atoms with E-state index in [0.717, 1.165) is 6.54 Å². The molecule has 16 heavy (non-hydrogen) atoms. The molecule has 0 aliphatic carbocycles. The van der Waals surface area contributed by atoms with E-state index < -0.39 is 0 Å². The van der Waals surface area contributed by atoms with Gasteiger partial charge in [0.15, 0.2) is 0 Å². The van der Waals surface area contributed by atoms with Gasteiger partial charge in [-0.15, -0.1) is 0 Å². The smallest absolute Gasteiger partial charge is 0.147 e. The highest BCUT2D eigenvalue weighted by Crippen LogP contribution is 2.26. The Morgan fingerprint density at radius 2 is 2.44 bits per heavy atom.